The zero-order valence-electron chi connectivity index (χ0n) is 5.84. The highest BCUT2D eigenvalue weighted by Gasteiger charge is 2.03. The Kier molecular flexibility index (Phi) is 2.69. The van der Waals surface area contributed by atoms with Crippen LogP contribution < -0.4 is 0 Å². The van der Waals surface area contributed by atoms with Gasteiger partial charge in [-0.25, -0.2) is 0 Å². The molecule has 0 amide bonds. The normalized spacial score (nSPS) is 10.9. The Morgan fingerprint density at radius 3 is 2.83 bits per heavy atom. The van der Waals surface area contributed by atoms with Crippen molar-refractivity contribution in [3.8, 4) is 0 Å². The van der Waals surface area contributed by atoms with Gasteiger partial charge in [0.05, 0.1) is 4.21 Å². The molecule has 62 valence electrons. The van der Waals surface area contributed by atoms with Crippen LogP contribution in [0.25, 0.3) is 10.1 Å². The van der Waals surface area contributed by atoms with Crippen LogP contribution in [0, 0.1) is 3.57 Å². The van der Waals surface area contributed by atoms with E-state index in [1.807, 2.05) is 0 Å². The molecule has 0 aliphatic carbocycles. The Morgan fingerprint density at radius 1 is 1.33 bits per heavy atom. The lowest BCUT2D eigenvalue weighted by Crippen LogP contribution is -1.70. The van der Waals surface area contributed by atoms with Crippen molar-refractivity contribution < 1.29 is 0 Å². The third-order valence-electron chi connectivity index (χ3n) is 1.52. The minimum absolute atomic E-state index is 1.07. The third-order valence-corrected chi connectivity index (χ3v) is 4.59. The van der Waals surface area contributed by atoms with Crippen LogP contribution in [0.15, 0.2) is 26.9 Å². The lowest BCUT2D eigenvalue weighted by Gasteiger charge is -1.94. The molecule has 1 aromatic heterocycles. The standard InChI is InChI=1S/C8H4BrIS2/c9-5-1-4-2-7(11)12-8(4)6(10)3-5/h1-3,11H. The molecule has 1 aromatic carbocycles. The Morgan fingerprint density at radius 2 is 2.08 bits per heavy atom. The number of thiophene rings is 1. The van der Waals surface area contributed by atoms with E-state index in [1.165, 1.54) is 13.7 Å². The monoisotopic (exact) mass is 370 g/mol. The number of rotatable bonds is 0. The summed E-state index contributed by atoms with van der Waals surface area (Å²) in [6.45, 7) is 0. The van der Waals surface area contributed by atoms with Crippen LogP contribution in [0.2, 0.25) is 0 Å². The van der Waals surface area contributed by atoms with E-state index in [0.717, 1.165) is 8.68 Å². The van der Waals surface area contributed by atoms with E-state index in [-0.39, 0.29) is 0 Å². The van der Waals surface area contributed by atoms with Crippen LogP contribution in [-0.4, -0.2) is 0 Å². The minimum Gasteiger partial charge on any atom is -0.133 e. The van der Waals surface area contributed by atoms with Crippen molar-refractivity contribution in [2.45, 2.75) is 4.21 Å². The minimum atomic E-state index is 1.07. The fourth-order valence-electron chi connectivity index (χ4n) is 1.06. The zero-order valence-corrected chi connectivity index (χ0v) is 11.3. The van der Waals surface area contributed by atoms with Crippen LogP contribution in [0.3, 0.4) is 0 Å². The molecule has 0 nitrogen and oxygen atoms in total. The van der Waals surface area contributed by atoms with Gasteiger partial charge in [0, 0.05) is 12.7 Å². The molecule has 0 saturated carbocycles. The van der Waals surface area contributed by atoms with Gasteiger partial charge in [-0.15, -0.1) is 24.0 Å². The summed E-state index contributed by atoms with van der Waals surface area (Å²) in [5.41, 5.74) is 0. The summed E-state index contributed by atoms with van der Waals surface area (Å²) in [7, 11) is 0. The largest absolute Gasteiger partial charge is 0.133 e. The average molecular weight is 371 g/mol. The second-order valence-electron chi connectivity index (χ2n) is 2.39. The maximum atomic E-state index is 4.32. The number of fused-ring (bicyclic) bond motifs is 1. The molecule has 0 saturated heterocycles. The molecule has 0 spiro atoms. The summed E-state index contributed by atoms with van der Waals surface area (Å²) in [5, 5.41) is 1.27. The predicted molar refractivity (Wildman–Crippen MR) is 69.5 cm³/mol. The third kappa shape index (κ3) is 1.66. The predicted octanol–water partition coefficient (Wildman–Crippen LogP) is 4.56. The van der Waals surface area contributed by atoms with Crippen molar-refractivity contribution in [3.05, 3.63) is 26.2 Å². The van der Waals surface area contributed by atoms with Crippen LogP contribution in [0.1, 0.15) is 0 Å². The van der Waals surface area contributed by atoms with E-state index < -0.39 is 0 Å². The SMILES string of the molecule is Sc1cc2cc(Br)cc(I)c2s1. The average Bonchev–Trinajstić information content (AvgIpc) is 2.29. The summed E-state index contributed by atoms with van der Waals surface area (Å²) in [4.78, 5) is 0. The van der Waals surface area contributed by atoms with E-state index >= 15 is 0 Å². The molecule has 4 heteroatoms. The maximum Gasteiger partial charge on any atom is 0.0581 e. The van der Waals surface area contributed by atoms with Gasteiger partial charge in [-0.2, -0.15) is 0 Å². The summed E-state index contributed by atoms with van der Waals surface area (Å²) in [6.07, 6.45) is 0. The molecule has 0 bridgehead atoms. The molecule has 2 aromatic rings. The van der Waals surface area contributed by atoms with Crippen LogP contribution in [-0.2, 0) is 0 Å². The maximum absolute atomic E-state index is 4.32. The molecule has 0 aliphatic heterocycles. The first-order valence-electron chi connectivity index (χ1n) is 3.24. The Labute approximate surface area is 102 Å². The first-order chi connectivity index (χ1) is 5.66. The van der Waals surface area contributed by atoms with Crippen molar-refractivity contribution in [1.82, 2.24) is 0 Å². The van der Waals surface area contributed by atoms with E-state index in [0.29, 0.717) is 0 Å². The fraction of sp³-hybridized carbons (Fsp3) is 0. The highest BCUT2D eigenvalue weighted by molar-refractivity contribution is 14.1. The lowest BCUT2D eigenvalue weighted by atomic mass is 10.3. The Hall–Kier alpha value is 0.740. The molecule has 12 heavy (non-hydrogen) atoms. The smallest absolute Gasteiger partial charge is 0.0581 e. The van der Waals surface area contributed by atoms with Crippen molar-refractivity contribution >= 4 is 72.6 Å². The number of thiol groups is 1. The van der Waals surface area contributed by atoms with Gasteiger partial charge in [-0.1, -0.05) is 15.9 Å². The van der Waals surface area contributed by atoms with Gasteiger partial charge in [0.25, 0.3) is 0 Å². The number of benzene rings is 1. The summed E-state index contributed by atoms with van der Waals surface area (Å²) in [5.74, 6) is 0. The van der Waals surface area contributed by atoms with E-state index in [2.05, 4.69) is 69.3 Å². The quantitative estimate of drug-likeness (QED) is 0.510. The van der Waals surface area contributed by atoms with Crippen molar-refractivity contribution in [2.24, 2.45) is 0 Å². The topological polar surface area (TPSA) is 0 Å². The molecular weight excluding hydrogens is 367 g/mol. The van der Waals surface area contributed by atoms with Crippen molar-refractivity contribution in [2.75, 3.05) is 0 Å². The second-order valence-corrected chi connectivity index (χ2v) is 6.31. The molecule has 0 unspecified atom stereocenters. The number of hydrogen-bond acceptors (Lipinski definition) is 2. The van der Waals surface area contributed by atoms with Gasteiger partial charge in [0.1, 0.15) is 0 Å². The molecular formula is C8H4BrIS2. The zero-order chi connectivity index (χ0) is 8.72. The molecule has 0 radical (unpaired) electrons. The van der Waals surface area contributed by atoms with Gasteiger partial charge in [-0.05, 0) is 46.2 Å². The van der Waals surface area contributed by atoms with E-state index in [1.54, 1.807) is 11.3 Å². The van der Waals surface area contributed by atoms with Gasteiger partial charge >= 0.3 is 0 Å². The van der Waals surface area contributed by atoms with Crippen LogP contribution >= 0.6 is 62.5 Å². The highest BCUT2D eigenvalue weighted by atomic mass is 127. The van der Waals surface area contributed by atoms with Crippen molar-refractivity contribution in [1.29, 1.82) is 0 Å². The van der Waals surface area contributed by atoms with Gasteiger partial charge < -0.3 is 0 Å². The van der Waals surface area contributed by atoms with Gasteiger partial charge in [0.2, 0.25) is 0 Å². The lowest BCUT2D eigenvalue weighted by molar-refractivity contribution is 1.70. The first kappa shape index (κ1) is 9.30. The van der Waals surface area contributed by atoms with E-state index in [9.17, 15) is 0 Å². The molecule has 2 rings (SSSR count). The summed E-state index contributed by atoms with van der Waals surface area (Å²) >= 11 is 11.9. The Bertz CT molecular complexity index is 436. The highest BCUT2D eigenvalue weighted by Crippen LogP contribution is 2.33. The molecule has 0 aliphatic rings. The summed E-state index contributed by atoms with van der Waals surface area (Å²) < 4.78 is 4.80. The molecule has 0 atom stereocenters. The molecule has 0 fully saturated rings. The van der Waals surface area contributed by atoms with Crippen LogP contribution in [0.4, 0.5) is 0 Å². The van der Waals surface area contributed by atoms with Crippen LogP contribution in [0.5, 0.6) is 0 Å². The first-order valence-corrected chi connectivity index (χ1v) is 6.38. The van der Waals surface area contributed by atoms with Gasteiger partial charge in [-0.3, -0.25) is 0 Å². The number of hydrogen-bond donors (Lipinski definition) is 1. The molecule has 1 heterocycles. The number of halogens is 2. The Balaban J connectivity index is 2.88. The fourth-order valence-corrected chi connectivity index (χ4v) is 4.14. The summed E-state index contributed by atoms with van der Waals surface area (Å²) in [6, 6.07) is 6.33. The van der Waals surface area contributed by atoms with Crippen molar-refractivity contribution in [3.63, 3.8) is 0 Å². The van der Waals surface area contributed by atoms with Gasteiger partial charge in [0.15, 0.2) is 0 Å². The van der Waals surface area contributed by atoms with E-state index in [4.69, 9.17) is 0 Å². The second kappa shape index (κ2) is 3.48. The molecule has 0 N–H and O–H groups in total.